The van der Waals surface area contributed by atoms with E-state index in [1.165, 1.54) is 23.4 Å². The quantitative estimate of drug-likeness (QED) is 0.606. The third-order valence-electron chi connectivity index (χ3n) is 4.93. The molecule has 0 saturated carbocycles. The normalized spacial score (nSPS) is 19.3. The monoisotopic (exact) mass is 360 g/mol. The van der Waals surface area contributed by atoms with E-state index in [9.17, 15) is 9.18 Å². The predicted molar refractivity (Wildman–Crippen MR) is 95.5 cm³/mol. The van der Waals surface area contributed by atoms with Crippen molar-refractivity contribution in [3.05, 3.63) is 57.4 Å². The van der Waals surface area contributed by atoms with E-state index in [2.05, 4.69) is 4.98 Å². The standard InChI is InChI=1S/C19H21FN2O2S/c20-16-8-2-1-5-13(16)12-25-18-15-7-3-9-17(15)22(19(23)21-18)11-14-6-4-10-24-14/h1-2,5,8,14H,3-4,6-7,9-12H2/t14-/m0/s1. The number of ether oxygens (including phenoxy) is 1. The van der Waals surface area contributed by atoms with Crippen LogP contribution in [0.3, 0.4) is 0 Å². The van der Waals surface area contributed by atoms with Crippen molar-refractivity contribution in [3.8, 4) is 0 Å². The average molecular weight is 360 g/mol. The Morgan fingerprint density at radius 1 is 1.28 bits per heavy atom. The van der Waals surface area contributed by atoms with E-state index in [-0.39, 0.29) is 17.6 Å². The Morgan fingerprint density at radius 3 is 2.96 bits per heavy atom. The van der Waals surface area contributed by atoms with Crippen LogP contribution >= 0.6 is 11.8 Å². The van der Waals surface area contributed by atoms with E-state index in [4.69, 9.17) is 4.74 Å². The maximum atomic E-state index is 13.8. The zero-order valence-electron chi connectivity index (χ0n) is 14.0. The maximum Gasteiger partial charge on any atom is 0.348 e. The lowest BCUT2D eigenvalue weighted by Crippen LogP contribution is -2.31. The fourth-order valence-electron chi connectivity index (χ4n) is 3.65. The van der Waals surface area contributed by atoms with E-state index in [0.29, 0.717) is 17.9 Å². The highest BCUT2D eigenvalue weighted by Gasteiger charge is 2.25. The molecule has 1 aromatic heterocycles. The number of fused-ring (bicyclic) bond motifs is 1. The molecular formula is C19H21FN2O2S. The summed E-state index contributed by atoms with van der Waals surface area (Å²) < 4.78 is 21.3. The molecule has 1 atom stereocenters. The predicted octanol–water partition coefficient (Wildman–Crippen LogP) is 3.34. The minimum Gasteiger partial charge on any atom is -0.376 e. The molecule has 25 heavy (non-hydrogen) atoms. The Balaban J connectivity index is 1.59. The van der Waals surface area contributed by atoms with Crippen molar-refractivity contribution in [2.24, 2.45) is 0 Å². The van der Waals surface area contributed by atoms with Crippen LogP contribution in [0.2, 0.25) is 0 Å². The molecule has 0 unspecified atom stereocenters. The summed E-state index contributed by atoms with van der Waals surface area (Å²) in [6, 6.07) is 6.76. The summed E-state index contributed by atoms with van der Waals surface area (Å²) in [6.45, 7) is 1.39. The summed E-state index contributed by atoms with van der Waals surface area (Å²) in [5.41, 5.74) is 2.71. The first kappa shape index (κ1) is 16.8. The van der Waals surface area contributed by atoms with Gasteiger partial charge in [0.1, 0.15) is 10.8 Å². The number of thioether (sulfide) groups is 1. The van der Waals surface area contributed by atoms with Crippen molar-refractivity contribution in [2.75, 3.05) is 6.61 Å². The number of halogens is 1. The van der Waals surface area contributed by atoms with Gasteiger partial charge in [0.2, 0.25) is 0 Å². The van der Waals surface area contributed by atoms with Gasteiger partial charge in [0.05, 0.1) is 12.6 Å². The fraction of sp³-hybridized carbons (Fsp3) is 0.474. The lowest BCUT2D eigenvalue weighted by molar-refractivity contribution is 0.0950. The van der Waals surface area contributed by atoms with Crippen molar-refractivity contribution in [1.82, 2.24) is 9.55 Å². The van der Waals surface area contributed by atoms with Gasteiger partial charge in [-0.15, -0.1) is 11.8 Å². The van der Waals surface area contributed by atoms with Crippen molar-refractivity contribution in [1.29, 1.82) is 0 Å². The van der Waals surface area contributed by atoms with Crippen molar-refractivity contribution < 1.29 is 9.13 Å². The second-order valence-electron chi connectivity index (χ2n) is 6.60. The molecule has 0 N–H and O–H groups in total. The molecule has 0 amide bonds. The average Bonchev–Trinajstić information content (AvgIpc) is 3.28. The maximum absolute atomic E-state index is 13.8. The molecule has 2 aliphatic rings. The van der Waals surface area contributed by atoms with Gasteiger partial charge in [-0.1, -0.05) is 18.2 Å². The molecule has 0 spiro atoms. The molecule has 1 fully saturated rings. The van der Waals surface area contributed by atoms with Crippen LogP contribution in [0.1, 0.15) is 36.1 Å². The Bertz CT molecular complexity index is 831. The number of rotatable bonds is 5. The second-order valence-corrected chi connectivity index (χ2v) is 7.57. The van der Waals surface area contributed by atoms with Crippen LogP contribution < -0.4 is 5.69 Å². The summed E-state index contributed by atoms with van der Waals surface area (Å²) in [5.74, 6) is 0.278. The summed E-state index contributed by atoms with van der Waals surface area (Å²) in [6.07, 6.45) is 5.08. The Labute approximate surface area is 150 Å². The van der Waals surface area contributed by atoms with Crippen molar-refractivity contribution >= 4 is 11.8 Å². The van der Waals surface area contributed by atoms with E-state index in [0.717, 1.165) is 49.4 Å². The van der Waals surface area contributed by atoms with Gasteiger partial charge >= 0.3 is 5.69 Å². The molecular weight excluding hydrogens is 339 g/mol. The lowest BCUT2D eigenvalue weighted by Gasteiger charge is -2.17. The molecule has 0 bridgehead atoms. The first-order chi connectivity index (χ1) is 12.2. The summed E-state index contributed by atoms with van der Waals surface area (Å²) in [5, 5.41) is 0.768. The number of hydrogen-bond donors (Lipinski definition) is 0. The van der Waals surface area contributed by atoms with Crippen LogP contribution in [0.15, 0.2) is 34.1 Å². The molecule has 2 aromatic rings. The molecule has 132 valence electrons. The summed E-state index contributed by atoms with van der Waals surface area (Å²) in [7, 11) is 0. The van der Waals surface area contributed by atoms with Gasteiger partial charge in [0.25, 0.3) is 0 Å². The smallest absolute Gasteiger partial charge is 0.348 e. The minimum atomic E-state index is -0.210. The molecule has 1 aliphatic carbocycles. The topological polar surface area (TPSA) is 44.1 Å². The molecule has 4 nitrogen and oxygen atoms in total. The lowest BCUT2D eigenvalue weighted by atomic mass is 10.2. The second kappa shape index (κ2) is 7.30. The number of nitrogens with zero attached hydrogens (tertiary/aromatic N) is 2. The van der Waals surface area contributed by atoms with Gasteiger partial charge in [-0.3, -0.25) is 4.57 Å². The first-order valence-corrected chi connectivity index (χ1v) is 9.81. The third kappa shape index (κ3) is 3.51. The van der Waals surface area contributed by atoms with Gasteiger partial charge in [-0.25, -0.2) is 9.18 Å². The Morgan fingerprint density at radius 2 is 2.16 bits per heavy atom. The zero-order valence-corrected chi connectivity index (χ0v) is 14.9. The number of benzene rings is 1. The van der Waals surface area contributed by atoms with Crippen molar-refractivity contribution in [3.63, 3.8) is 0 Å². The van der Waals surface area contributed by atoms with Gasteiger partial charge in [-0.2, -0.15) is 4.98 Å². The first-order valence-electron chi connectivity index (χ1n) is 8.83. The van der Waals surface area contributed by atoms with Gasteiger partial charge in [0, 0.05) is 23.6 Å². The van der Waals surface area contributed by atoms with Crippen LogP contribution in [0.25, 0.3) is 0 Å². The molecule has 4 rings (SSSR count). The van der Waals surface area contributed by atoms with Crippen LogP contribution in [0.5, 0.6) is 0 Å². The van der Waals surface area contributed by atoms with E-state index in [1.807, 2.05) is 10.6 Å². The van der Waals surface area contributed by atoms with Gasteiger partial charge < -0.3 is 4.74 Å². The molecule has 1 aliphatic heterocycles. The SMILES string of the molecule is O=c1nc(SCc2ccccc2F)c2c(n1C[C@@H]1CCCO1)CCC2. The van der Waals surface area contributed by atoms with Gasteiger partial charge in [-0.05, 0) is 43.7 Å². The number of hydrogen-bond acceptors (Lipinski definition) is 4. The van der Waals surface area contributed by atoms with Crippen LogP contribution in [-0.2, 0) is 29.9 Å². The number of aromatic nitrogens is 2. The Hall–Kier alpha value is -1.66. The zero-order chi connectivity index (χ0) is 17.2. The molecule has 2 heterocycles. The Kier molecular flexibility index (Phi) is 4.90. The highest BCUT2D eigenvalue weighted by atomic mass is 32.2. The highest BCUT2D eigenvalue weighted by molar-refractivity contribution is 7.98. The summed E-state index contributed by atoms with van der Waals surface area (Å²) >= 11 is 1.46. The molecule has 6 heteroatoms. The largest absolute Gasteiger partial charge is 0.376 e. The van der Waals surface area contributed by atoms with Gasteiger partial charge in [0.15, 0.2) is 0 Å². The molecule has 1 aromatic carbocycles. The highest BCUT2D eigenvalue weighted by Crippen LogP contribution is 2.31. The third-order valence-corrected chi connectivity index (χ3v) is 6.00. The van der Waals surface area contributed by atoms with E-state index >= 15 is 0 Å². The fourth-order valence-corrected chi connectivity index (χ4v) is 4.71. The van der Waals surface area contributed by atoms with Crippen LogP contribution in [-0.4, -0.2) is 22.3 Å². The molecule has 0 radical (unpaired) electrons. The minimum absolute atomic E-state index is 0.126. The van der Waals surface area contributed by atoms with E-state index in [1.54, 1.807) is 12.1 Å². The molecule has 1 saturated heterocycles. The van der Waals surface area contributed by atoms with Crippen LogP contribution in [0.4, 0.5) is 4.39 Å². The van der Waals surface area contributed by atoms with E-state index < -0.39 is 0 Å². The summed E-state index contributed by atoms with van der Waals surface area (Å²) in [4.78, 5) is 16.9. The van der Waals surface area contributed by atoms with Crippen LogP contribution in [0, 0.1) is 5.82 Å². The van der Waals surface area contributed by atoms with Crippen molar-refractivity contribution in [2.45, 2.75) is 55.5 Å².